The Balaban J connectivity index is 2.34. The monoisotopic (exact) mass is 302 g/mol. The average molecular weight is 303 g/mol. The topological polar surface area (TPSA) is 38.0 Å². The molecule has 2 nitrogen and oxygen atoms in total. The number of nitrogens with two attached hydrogens (primary N) is 1. The van der Waals surface area contributed by atoms with Gasteiger partial charge in [0.05, 0.1) is 6.04 Å². The highest BCUT2D eigenvalue weighted by atomic mass is 35.5. The molecule has 2 aromatic carbocycles. The van der Waals surface area contributed by atoms with Crippen LogP contribution in [-0.4, -0.2) is 0 Å². The van der Waals surface area contributed by atoms with E-state index in [0.717, 1.165) is 22.6 Å². The normalized spacial score (nSPS) is 12.7. The first-order valence-electron chi connectivity index (χ1n) is 7.32. The minimum absolute atomic E-state index is 0.0203. The lowest BCUT2D eigenvalue weighted by Crippen LogP contribution is -2.29. The fraction of sp³-hybridized carbons (Fsp3) is 0.333. The van der Waals surface area contributed by atoms with Gasteiger partial charge >= 0.3 is 0 Å². The van der Waals surface area contributed by atoms with Gasteiger partial charge in [-0.2, -0.15) is 0 Å². The molecule has 0 aromatic heterocycles. The molecule has 0 bridgehead atoms. The minimum atomic E-state index is -0.0203. The third kappa shape index (κ3) is 4.07. The molecular formula is C18H23ClN2. The molecule has 112 valence electrons. The summed E-state index contributed by atoms with van der Waals surface area (Å²) in [5, 5.41) is 0.781. The number of hydrogen-bond donors (Lipinski definition) is 2. The number of hydrogen-bond acceptors (Lipinski definition) is 2. The number of aryl methyl sites for hydroxylation is 1. The minimum Gasteiger partial charge on any atom is -0.271 e. The standard InChI is InChI=1S/C18H23ClN2/c1-12(2)9-14-5-4-6-15(11-14)18(21-20)16-7-8-17(19)13(3)10-16/h4-8,10-12,18,21H,9,20H2,1-3H3. The number of rotatable bonds is 5. The molecule has 1 unspecified atom stereocenters. The van der Waals surface area contributed by atoms with Crippen molar-refractivity contribution in [1.82, 2.24) is 5.43 Å². The van der Waals surface area contributed by atoms with E-state index in [2.05, 4.69) is 49.6 Å². The average Bonchev–Trinajstić information content (AvgIpc) is 2.43. The molecule has 0 aliphatic carbocycles. The Bertz CT molecular complexity index is 608. The Morgan fingerprint density at radius 2 is 1.81 bits per heavy atom. The van der Waals surface area contributed by atoms with Crippen LogP contribution >= 0.6 is 11.6 Å². The van der Waals surface area contributed by atoms with E-state index in [4.69, 9.17) is 17.4 Å². The van der Waals surface area contributed by atoms with Crippen LogP contribution in [0.25, 0.3) is 0 Å². The van der Waals surface area contributed by atoms with Gasteiger partial charge in [-0.05, 0) is 47.6 Å². The first-order valence-corrected chi connectivity index (χ1v) is 7.70. The maximum Gasteiger partial charge on any atom is 0.0710 e. The number of halogens is 1. The molecular weight excluding hydrogens is 280 g/mol. The highest BCUT2D eigenvalue weighted by Crippen LogP contribution is 2.26. The van der Waals surface area contributed by atoms with Crippen molar-refractivity contribution in [1.29, 1.82) is 0 Å². The van der Waals surface area contributed by atoms with Crippen LogP contribution in [0.4, 0.5) is 0 Å². The van der Waals surface area contributed by atoms with Gasteiger partial charge in [0.1, 0.15) is 0 Å². The highest BCUT2D eigenvalue weighted by Gasteiger charge is 2.14. The first kappa shape index (κ1) is 16.0. The number of benzene rings is 2. The highest BCUT2D eigenvalue weighted by molar-refractivity contribution is 6.31. The van der Waals surface area contributed by atoms with E-state index in [0.29, 0.717) is 5.92 Å². The van der Waals surface area contributed by atoms with E-state index in [1.165, 1.54) is 11.1 Å². The Kier molecular flexibility index (Phi) is 5.40. The van der Waals surface area contributed by atoms with Crippen molar-refractivity contribution in [2.75, 3.05) is 0 Å². The lowest BCUT2D eigenvalue weighted by atomic mass is 9.94. The van der Waals surface area contributed by atoms with E-state index in [1.54, 1.807) is 0 Å². The molecule has 2 rings (SSSR count). The van der Waals surface area contributed by atoms with Gasteiger partial charge in [-0.1, -0.05) is 61.8 Å². The molecule has 0 heterocycles. The summed E-state index contributed by atoms with van der Waals surface area (Å²) in [4.78, 5) is 0. The molecule has 3 N–H and O–H groups in total. The third-order valence-corrected chi connectivity index (χ3v) is 4.03. The van der Waals surface area contributed by atoms with Crippen LogP contribution in [0.2, 0.25) is 5.02 Å². The van der Waals surface area contributed by atoms with Gasteiger partial charge in [-0.3, -0.25) is 5.84 Å². The third-order valence-electron chi connectivity index (χ3n) is 3.61. The van der Waals surface area contributed by atoms with Gasteiger partial charge in [-0.15, -0.1) is 0 Å². The Morgan fingerprint density at radius 1 is 1.10 bits per heavy atom. The second-order valence-corrected chi connectivity index (χ2v) is 6.36. The van der Waals surface area contributed by atoms with Crippen molar-refractivity contribution >= 4 is 11.6 Å². The summed E-state index contributed by atoms with van der Waals surface area (Å²) >= 11 is 6.11. The van der Waals surface area contributed by atoms with Crippen LogP contribution in [0.5, 0.6) is 0 Å². The SMILES string of the molecule is Cc1cc(C(NN)c2cccc(CC(C)C)c2)ccc1Cl. The van der Waals surface area contributed by atoms with Crippen molar-refractivity contribution in [3.8, 4) is 0 Å². The maximum atomic E-state index is 6.11. The molecule has 0 aliphatic rings. The van der Waals surface area contributed by atoms with Crippen molar-refractivity contribution < 1.29 is 0 Å². The molecule has 21 heavy (non-hydrogen) atoms. The number of hydrazine groups is 1. The van der Waals surface area contributed by atoms with Crippen molar-refractivity contribution in [2.45, 2.75) is 33.2 Å². The first-order chi connectivity index (χ1) is 10.0. The molecule has 0 amide bonds. The summed E-state index contributed by atoms with van der Waals surface area (Å²) in [5.41, 5.74) is 7.63. The number of nitrogens with one attached hydrogen (secondary N) is 1. The molecule has 0 saturated carbocycles. The molecule has 0 radical (unpaired) electrons. The Morgan fingerprint density at radius 3 is 2.43 bits per heavy atom. The zero-order valence-electron chi connectivity index (χ0n) is 12.9. The molecule has 3 heteroatoms. The van der Waals surface area contributed by atoms with E-state index in [1.807, 2.05) is 19.1 Å². The van der Waals surface area contributed by atoms with Gasteiger partial charge in [0, 0.05) is 5.02 Å². The summed E-state index contributed by atoms with van der Waals surface area (Å²) in [6.07, 6.45) is 1.07. The fourth-order valence-corrected chi connectivity index (χ4v) is 2.72. The van der Waals surface area contributed by atoms with Crippen LogP contribution < -0.4 is 11.3 Å². The summed E-state index contributed by atoms with van der Waals surface area (Å²) in [7, 11) is 0. The summed E-state index contributed by atoms with van der Waals surface area (Å²) < 4.78 is 0. The van der Waals surface area contributed by atoms with Gasteiger partial charge in [0.25, 0.3) is 0 Å². The van der Waals surface area contributed by atoms with Crippen LogP contribution in [0.1, 0.15) is 42.1 Å². The van der Waals surface area contributed by atoms with Crippen molar-refractivity contribution in [3.63, 3.8) is 0 Å². The summed E-state index contributed by atoms with van der Waals surface area (Å²) in [5.74, 6) is 6.43. The van der Waals surface area contributed by atoms with Crippen LogP contribution in [0.3, 0.4) is 0 Å². The van der Waals surface area contributed by atoms with Crippen molar-refractivity contribution in [2.24, 2.45) is 11.8 Å². The largest absolute Gasteiger partial charge is 0.271 e. The lowest BCUT2D eigenvalue weighted by Gasteiger charge is -2.19. The van der Waals surface area contributed by atoms with Gasteiger partial charge < -0.3 is 0 Å². The summed E-state index contributed by atoms with van der Waals surface area (Å²) in [6.45, 7) is 6.47. The molecule has 0 spiro atoms. The van der Waals surface area contributed by atoms with E-state index in [9.17, 15) is 0 Å². The molecule has 0 saturated heterocycles. The molecule has 0 fully saturated rings. The lowest BCUT2D eigenvalue weighted by molar-refractivity contribution is 0.627. The van der Waals surface area contributed by atoms with Crippen LogP contribution in [0, 0.1) is 12.8 Å². The van der Waals surface area contributed by atoms with E-state index >= 15 is 0 Å². The van der Waals surface area contributed by atoms with E-state index in [-0.39, 0.29) is 6.04 Å². The molecule has 2 aromatic rings. The smallest absolute Gasteiger partial charge is 0.0710 e. The van der Waals surface area contributed by atoms with Crippen LogP contribution in [-0.2, 0) is 6.42 Å². The predicted octanol–water partition coefficient (Wildman–Crippen LogP) is 4.40. The second kappa shape index (κ2) is 7.08. The van der Waals surface area contributed by atoms with Crippen LogP contribution in [0.15, 0.2) is 42.5 Å². The van der Waals surface area contributed by atoms with Gasteiger partial charge in [0.15, 0.2) is 0 Å². The Labute approximate surface area is 132 Å². The van der Waals surface area contributed by atoms with Gasteiger partial charge in [-0.25, -0.2) is 5.43 Å². The van der Waals surface area contributed by atoms with Crippen molar-refractivity contribution in [3.05, 3.63) is 69.7 Å². The quantitative estimate of drug-likeness (QED) is 0.634. The van der Waals surface area contributed by atoms with E-state index < -0.39 is 0 Å². The zero-order valence-corrected chi connectivity index (χ0v) is 13.6. The fourth-order valence-electron chi connectivity index (χ4n) is 2.60. The molecule has 1 atom stereocenters. The Hall–Kier alpha value is -1.35. The second-order valence-electron chi connectivity index (χ2n) is 5.95. The summed E-state index contributed by atoms with van der Waals surface area (Å²) in [6, 6.07) is 14.6. The van der Waals surface area contributed by atoms with Gasteiger partial charge in [0.2, 0.25) is 0 Å². The maximum absolute atomic E-state index is 6.11. The zero-order chi connectivity index (χ0) is 15.4. The predicted molar refractivity (Wildman–Crippen MR) is 90.3 cm³/mol. The molecule has 0 aliphatic heterocycles.